The maximum absolute atomic E-state index is 9.38. The second-order valence-electron chi connectivity index (χ2n) is 5.04. The molecule has 3 rings (SSSR count). The van der Waals surface area contributed by atoms with Gasteiger partial charge in [-0.1, -0.05) is 48.5 Å². The second-order valence-corrected chi connectivity index (χ2v) is 5.04. The van der Waals surface area contributed by atoms with E-state index in [0.29, 0.717) is 21.2 Å². The van der Waals surface area contributed by atoms with E-state index >= 15 is 0 Å². The molecule has 0 fully saturated rings. The summed E-state index contributed by atoms with van der Waals surface area (Å²) in [7, 11) is 0. The normalized spacial score (nSPS) is 9.50. The molecule has 108 valence electrons. The number of nitriles is 4. The van der Waals surface area contributed by atoms with Crippen LogP contribution >= 0.6 is 0 Å². The first-order valence-corrected chi connectivity index (χ1v) is 7.05. The molecule has 4 nitrogen and oxygen atoms in total. The van der Waals surface area contributed by atoms with Crippen molar-refractivity contribution < 1.29 is 0 Å². The molecule has 3 aromatic rings. The van der Waals surface area contributed by atoms with Gasteiger partial charge in [0, 0.05) is 10.4 Å². The Bertz CT molecular complexity index is 1150. The molecule has 0 aliphatic rings. The van der Waals surface area contributed by atoms with Gasteiger partial charge in [-0.2, -0.15) is 21.0 Å². The van der Waals surface area contributed by atoms with Gasteiger partial charge in [-0.15, -0.1) is 0 Å². The molecule has 0 atom stereocenters. The van der Waals surface area contributed by atoms with E-state index in [-0.39, 0.29) is 11.1 Å². The smallest absolute Gasteiger partial charge is 0.138 e. The van der Waals surface area contributed by atoms with Crippen LogP contribution in [-0.2, 0) is 0 Å². The van der Waals surface area contributed by atoms with E-state index in [4.69, 9.17) is 0 Å². The quantitative estimate of drug-likeness (QED) is 0.596. The Morgan fingerprint density at radius 3 is 1.08 bits per heavy atom. The summed E-state index contributed by atoms with van der Waals surface area (Å²) in [6, 6.07) is 22.3. The number of hydrogen-bond donors (Lipinski definition) is 0. The lowest BCUT2D eigenvalue weighted by Gasteiger charge is -2.07. The maximum Gasteiger partial charge on any atom is 0.138 e. The van der Waals surface area contributed by atoms with Crippen molar-refractivity contribution in [3.8, 4) is 24.3 Å². The van der Waals surface area contributed by atoms with E-state index in [1.165, 1.54) is 0 Å². The zero-order chi connectivity index (χ0) is 17.1. The standard InChI is InChI=1S/C20H8N4/c21-9-13(10-22)19-17-7-3-1-5-15(17)16-6-2-4-8-18(16)20(19)14(11-23)12-24/h1-8H. The minimum absolute atomic E-state index is 0.116. The Hall–Kier alpha value is -4.12. The van der Waals surface area contributed by atoms with Gasteiger partial charge in [-0.25, -0.2) is 0 Å². The summed E-state index contributed by atoms with van der Waals surface area (Å²) in [6.07, 6.45) is 0. The van der Waals surface area contributed by atoms with Gasteiger partial charge in [0.25, 0.3) is 0 Å². The van der Waals surface area contributed by atoms with Gasteiger partial charge >= 0.3 is 0 Å². The average Bonchev–Trinajstić information content (AvgIpc) is 2.65. The van der Waals surface area contributed by atoms with Crippen LogP contribution in [-0.4, -0.2) is 0 Å². The third-order valence-corrected chi connectivity index (χ3v) is 3.88. The minimum Gasteiger partial charge on any atom is -0.192 e. The van der Waals surface area contributed by atoms with Crippen molar-refractivity contribution in [3.63, 3.8) is 0 Å². The van der Waals surface area contributed by atoms with E-state index in [1.54, 1.807) is 24.3 Å². The summed E-state index contributed by atoms with van der Waals surface area (Å²) in [6.45, 7) is 0. The van der Waals surface area contributed by atoms with Crippen LogP contribution in [0.15, 0.2) is 48.5 Å². The second kappa shape index (κ2) is 5.94. The highest BCUT2D eigenvalue weighted by atomic mass is 14.3. The van der Waals surface area contributed by atoms with Crippen molar-refractivity contribution in [3.05, 3.63) is 59.0 Å². The summed E-state index contributed by atoms with van der Waals surface area (Å²) in [4.78, 5) is 0. The van der Waals surface area contributed by atoms with E-state index in [2.05, 4.69) is 0 Å². The van der Waals surface area contributed by atoms with Gasteiger partial charge in [0.15, 0.2) is 0 Å². The van der Waals surface area contributed by atoms with E-state index < -0.39 is 0 Å². The molecule has 0 unspecified atom stereocenters. The van der Waals surface area contributed by atoms with Crippen LogP contribution in [0, 0.1) is 45.3 Å². The van der Waals surface area contributed by atoms with Crippen LogP contribution in [0.2, 0.25) is 0 Å². The first-order valence-electron chi connectivity index (χ1n) is 7.05. The number of benzene rings is 3. The molecular formula is C20H8N4. The van der Waals surface area contributed by atoms with Crippen molar-refractivity contribution in [2.24, 2.45) is 0 Å². The molecule has 0 radical (unpaired) electrons. The van der Waals surface area contributed by atoms with Crippen molar-refractivity contribution in [1.29, 1.82) is 21.0 Å². The lowest BCUT2D eigenvalue weighted by molar-refractivity contribution is 1.47. The van der Waals surface area contributed by atoms with Crippen LogP contribution in [0.25, 0.3) is 32.7 Å². The molecule has 0 spiro atoms. The molecule has 0 aromatic heterocycles. The number of rotatable bonds is 0. The fraction of sp³-hybridized carbons (Fsp3) is 0. The highest BCUT2D eigenvalue weighted by molar-refractivity contribution is 6.10. The predicted octanol–water partition coefficient (Wildman–Crippen LogP) is 2.39. The lowest BCUT2D eigenvalue weighted by Crippen LogP contribution is -2.30. The molecule has 0 N–H and O–H groups in total. The average molecular weight is 304 g/mol. The van der Waals surface area contributed by atoms with Crippen LogP contribution in [0.3, 0.4) is 0 Å². The summed E-state index contributed by atoms with van der Waals surface area (Å²) in [5.41, 5.74) is -0.232. The first kappa shape index (κ1) is 14.8. The number of fused-ring (bicyclic) bond motifs is 3. The van der Waals surface area contributed by atoms with Crippen LogP contribution in [0.1, 0.15) is 0 Å². The summed E-state index contributed by atoms with van der Waals surface area (Å²) < 4.78 is 0. The Kier molecular flexibility index (Phi) is 3.66. The fourth-order valence-electron chi connectivity index (χ4n) is 2.93. The van der Waals surface area contributed by atoms with Crippen LogP contribution < -0.4 is 10.4 Å². The molecule has 4 heteroatoms. The van der Waals surface area contributed by atoms with E-state index in [0.717, 1.165) is 10.8 Å². The first-order chi connectivity index (χ1) is 11.8. The maximum atomic E-state index is 9.38. The summed E-state index contributed by atoms with van der Waals surface area (Å²) in [5.74, 6) is 0. The van der Waals surface area contributed by atoms with Gasteiger partial charge in [0.1, 0.15) is 35.4 Å². The van der Waals surface area contributed by atoms with Crippen molar-refractivity contribution in [1.82, 2.24) is 0 Å². The van der Waals surface area contributed by atoms with Gasteiger partial charge < -0.3 is 0 Å². The highest BCUT2D eigenvalue weighted by Crippen LogP contribution is 2.21. The Labute approximate surface area is 137 Å². The van der Waals surface area contributed by atoms with Crippen LogP contribution in [0.4, 0.5) is 0 Å². The largest absolute Gasteiger partial charge is 0.192 e. The highest BCUT2D eigenvalue weighted by Gasteiger charge is 2.12. The summed E-state index contributed by atoms with van der Waals surface area (Å²) >= 11 is 0. The minimum atomic E-state index is -0.116. The number of nitrogens with zero attached hydrogens (tertiary/aromatic N) is 4. The molecule has 0 aliphatic heterocycles. The van der Waals surface area contributed by atoms with Gasteiger partial charge in [-0.3, -0.25) is 0 Å². The molecule has 24 heavy (non-hydrogen) atoms. The summed E-state index contributed by atoms with van der Waals surface area (Å²) in [5, 5.41) is 41.3. The van der Waals surface area contributed by atoms with E-state index in [9.17, 15) is 21.0 Å². The zero-order valence-electron chi connectivity index (χ0n) is 12.4. The molecule has 3 aromatic carbocycles. The van der Waals surface area contributed by atoms with Gasteiger partial charge in [0.2, 0.25) is 0 Å². The fourth-order valence-corrected chi connectivity index (χ4v) is 2.93. The SMILES string of the molecule is N#CC(C#N)=c1c(=C(C#N)C#N)c2ccccc2c2ccccc12. The molecule has 0 aliphatic carbocycles. The van der Waals surface area contributed by atoms with Gasteiger partial charge in [0.05, 0.1) is 0 Å². The van der Waals surface area contributed by atoms with Crippen molar-refractivity contribution in [2.75, 3.05) is 0 Å². The molecule has 0 bridgehead atoms. The molecule has 0 saturated heterocycles. The topological polar surface area (TPSA) is 95.2 Å². The molecule has 0 heterocycles. The van der Waals surface area contributed by atoms with Crippen molar-refractivity contribution >= 4 is 32.7 Å². The Morgan fingerprint density at radius 1 is 0.500 bits per heavy atom. The third-order valence-electron chi connectivity index (χ3n) is 3.88. The number of hydrogen-bond acceptors (Lipinski definition) is 4. The molecule has 0 amide bonds. The van der Waals surface area contributed by atoms with Gasteiger partial charge in [-0.05, 0) is 21.5 Å². The molecular weight excluding hydrogens is 296 g/mol. The third kappa shape index (κ3) is 2.05. The predicted molar refractivity (Wildman–Crippen MR) is 90.0 cm³/mol. The van der Waals surface area contributed by atoms with Crippen LogP contribution in [0.5, 0.6) is 0 Å². The van der Waals surface area contributed by atoms with Crippen molar-refractivity contribution in [2.45, 2.75) is 0 Å². The molecule has 0 saturated carbocycles. The Morgan fingerprint density at radius 2 is 0.792 bits per heavy atom. The lowest BCUT2D eigenvalue weighted by atomic mass is 9.94. The monoisotopic (exact) mass is 304 g/mol. The van der Waals surface area contributed by atoms with E-state index in [1.807, 2.05) is 48.5 Å². The zero-order valence-corrected chi connectivity index (χ0v) is 12.4. The Balaban J connectivity index is 2.99.